The molecule has 112 valence electrons. The van der Waals surface area contributed by atoms with Crippen LogP contribution in [0, 0.1) is 11.6 Å². The van der Waals surface area contributed by atoms with Crippen molar-refractivity contribution in [1.29, 1.82) is 0 Å². The second kappa shape index (κ2) is 7.11. The fourth-order valence-electron chi connectivity index (χ4n) is 2.35. The van der Waals surface area contributed by atoms with Gasteiger partial charge in [0.1, 0.15) is 11.6 Å². The predicted octanol–water partition coefficient (Wildman–Crippen LogP) is 3.86. The van der Waals surface area contributed by atoms with Gasteiger partial charge in [0.15, 0.2) is 0 Å². The molecule has 0 aliphatic rings. The molecule has 0 saturated carbocycles. The normalized spacial score (nSPS) is 12.7. The van der Waals surface area contributed by atoms with Crippen molar-refractivity contribution in [1.82, 2.24) is 4.90 Å². The molecule has 0 amide bonds. The molecule has 2 nitrogen and oxygen atoms in total. The van der Waals surface area contributed by atoms with Crippen molar-refractivity contribution in [3.8, 4) is 0 Å². The molecule has 1 unspecified atom stereocenters. The first kappa shape index (κ1) is 16.1. The van der Waals surface area contributed by atoms with Crippen LogP contribution in [0.3, 0.4) is 0 Å². The van der Waals surface area contributed by atoms with E-state index >= 15 is 0 Å². The Bertz CT molecular complexity index is 619. The van der Waals surface area contributed by atoms with Crippen LogP contribution in [-0.4, -0.2) is 18.5 Å². The third kappa shape index (κ3) is 4.09. The van der Waals surface area contributed by atoms with Crippen molar-refractivity contribution in [3.05, 3.63) is 69.7 Å². The standard InChI is InChI=1S/C16H17BrF2N2/c1-21(10-11-3-2-4-12(17)7-11)16(9-20)14-6-5-13(18)8-15(14)19/h2-8,16H,9-10,20H2,1H3. The van der Waals surface area contributed by atoms with Gasteiger partial charge in [0.2, 0.25) is 0 Å². The lowest BCUT2D eigenvalue weighted by atomic mass is 10.0. The zero-order chi connectivity index (χ0) is 15.4. The molecule has 0 aliphatic heterocycles. The smallest absolute Gasteiger partial charge is 0.130 e. The number of benzene rings is 2. The summed E-state index contributed by atoms with van der Waals surface area (Å²) in [7, 11) is 1.88. The average molecular weight is 355 g/mol. The summed E-state index contributed by atoms with van der Waals surface area (Å²) in [4.78, 5) is 1.96. The number of nitrogens with two attached hydrogens (primary N) is 1. The van der Waals surface area contributed by atoms with Gasteiger partial charge >= 0.3 is 0 Å². The molecule has 0 heterocycles. The highest BCUT2D eigenvalue weighted by Crippen LogP contribution is 2.24. The Hall–Kier alpha value is -1.30. The maximum absolute atomic E-state index is 13.9. The van der Waals surface area contributed by atoms with E-state index in [0.29, 0.717) is 12.1 Å². The molecular formula is C16H17BrF2N2. The highest BCUT2D eigenvalue weighted by Gasteiger charge is 2.19. The van der Waals surface area contributed by atoms with Gasteiger partial charge in [-0.2, -0.15) is 0 Å². The lowest BCUT2D eigenvalue weighted by Gasteiger charge is -2.27. The molecule has 0 aromatic heterocycles. The highest BCUT2D eigenvalue weighted by atomic mass is 79.9. The molecular weight excluding hydrogens is 338 g/mol. The monoisotopic (exact) mass is 354 g/mol. The van der Waals surface area contributed by atoms with Crippen LogP contribution in [0.4, 0.5) is 8.78 Å². The van der Waals surface area contributed by atoms with E-state index in [9.17, 15) is 8.78 Å². The van der Waals surface area contributed by atoms with Crippen LogP contribution >= 0.6 is 15.9 Å². The van der Waals surface area contributed by atoms with Gasteiger partial charge in [-0.3, -0.25) is 4.90 Å². The fraction of sp³-hybridized carbons (Fsp3) is 0.250. The second-order valence-electron chi connectivity index (χ2n) is 4.96. The fourth-order valence-corrected chi connectivity index (χ4v) is 2.80. The van der Waals surface area contributed by atoms with Gasteiger partial charge in [-0.05, 0) is 30.8 Å². The lowest BCUT2D eigenvalue weighted by Crippen LogP contribution is -2.31. The average Bonchev–Trinajstić information content (AvgIpc) is 2.42. The Morgan fingerprint density at radius 2 is 1.95 bits per heavy atom. The number of hydrogen-bond donors (Lipinski definition) is 1. The molecule has 2 rings (SSSR count). The van der Waals surface area contributed by atoms with Gasteiger partial charge in [-0.25, -0.2) is 8.78 Å². The Labute approximate surface area is 131 Å². The van der Waals surface area contributed by atoms with Crippen LogP contribution in [0.15, 0.2) is 46.9 Å². The summed E-state index contributed by atoms with van der Waals surface area (Å²) in [5.74, 6) is -1.15. The predicted molar refractivity (Wildman–Crippen MR) is 83.8 cm³/mol. The summed E-state index contributed by atoms with van der Waals surface area (Å²) in [6.45, 7) is 0.880. The number of likely N-dealkylation sites (N-methyl/N-ethyl adjacent to an activating group) is 1. The zero-order valence-electron chi connectivity index (χ0n) is 11.7. The van der Waals surface area contributed by atoms with E-state index < -0.39 is 11.6 Å². The maximum Gasteiger partial charge on any atom is 0.130 e. The summed E-state index contributed by atoms with van der Waals surface area (Å²) in [6.07, 6.45) is 0. The minimum absolute atomic E-state index is 0.257. The van der Waals surface area contributed by atoms with Crippen LogP contribution in [-0.2, 0) is 6.54 Å². The molecule has 0 fully saturated rings. The molecule has 0 spiro atoms. The molecule has 21 heavy (non-hydrogen) atoms. The summed E-state index contributed by atoms with van der Waals surface area (Å²) in [5.41, 5.74) is 7.29. The van der Waals surface area contributed by atoms with Gasteiger partial charge < -0.3 is 5.73 Å². The Kier molecular flexibility index (Phi) is 5.45. The van der Waals surface area contributed by atoms with Crippen molar-refractivity contribution >= 4 is 15.9 Å². The number of rotatable bonds is 5. The van der Waals surface area contributed by atoms with Crippen molar-refractivity contribution in [3.63, 3.8) is 0 Å². The van der Waals surface area contributed by atoms with Gasteiger partial charge in [-0.15, -0.1) is 0 Å². The Morgan fingerprint density at radius 1 is 1.19 bits per heavy atom. The van der Waals surface area contributed by atoms with Crippen molar-refractivity contribution < 1.29 is 8.78 Å². The molecule has 1 atom stereocenters. The number of hydrogen-bond acceptors (Lipinski definition) is 2. The molecule has 0 aliphatic carbocycles. The van der Waals surface area contributed by atoms with Gasteiger partial charge in [0, 0.05) is 35.2 Å². The lowest BCUT2D eigenvalue weighted by molar-refractivity contribution is 0.236. The maximum atomic E-state index is 13.9. The second-order valence-corrected chi connectivity index (χ2v) is 5.88. The van der Waals surface area contributed by atoms with Crippen LogP contribution in [0.1, 0.15) is 17.2 Å². The van der Waals surface area contributed by atoms with Crippen molar-refractivity contribution in [2.24, 2.45) is 5.73 Å². The van der Waals surface area contributed by atoms with Gasteiger partial charge in [0.25, 0.3) is 0 Å². The highest BCUT2D eigenvalue weighted by molar-refractivity contribution is 9.10. The molecule has 2 aromatic rings. The van der Waals surface area contributed by atoms with Crippen LogP contribution < -0.4 is 5.73 Å². The molecule has 2 N–H and O–H groups in total. The molecule has 5 heteroatoms. The minimum atomic E-state index is -0.582. The van der Waals surface area contributed by atoms with Gasteiger partial charge in [-0.1, -0.05) is 34.1 Å². The van der Waals surface area contributed by atoms with Crippen LogP contribution in [0.5, 0.6) is 0 Å². The molecule has 0 saturated heterocycles. The zero-order valence-corrected chi connectivity index (χ0v) is 13.3. The SMILES string of the molecule is CN(Cc1cccc(Br)c1)C(CN)c1ccc(F)cc1F. The number of nitrogens with zero attached hydrogens (tertiary/aromatic N) is 1. The first-order valence-electron chi connectivity index (χ1n) is 6.61. The van der Waals surface area contributed by atoms with E-state index in [4.69, 9.17) is 5.73 Å². The summed E-state index contributed by atoms with van der Waals surface area (Å²) < 4.78 is 27.9. The summed E-state index contributed by atoms with van der Waals surface area (Å²) in [6, 6.07) is 11.2. The van der Waals surface area contributed by atoms with E-state index in [1.807, 2.05) is 36.2 Å². The molecule has 0 bridgehead atoms. The van der Waals surface area contributed by atoms with E-state index in [-0.39, 0.29) is 12.6 Å². The third-order valence-electron chi connectivity index (χ3n) is 3.40. The molecule has 0 radical (unpaired) electrons. The largest absolute Gasteiger partial charge is 0.329 e. The van der Waals surface area contributed by atoms with Crippen LogP contribution in [0.2, 0.25) is 0 Å². The van der Waals surface area contributed by atoms with E-state index in [2.05, 4.69) is 15.9 Å². The van der Waals surface area contributed by atoms with E-state index in [0.717, 1.165) is 16.1 Å². The van der Waals surface area contributed by atoms with Crippen molar-refractivity contribution in [2.45, 2.75) is 12.6 Å². The third-order valence-corrected chi connectivity index (χ3v) is 3.89. The Morgan fingerprint density at radius 3 is 2.57 bits per heavy atom. The summed E-state index contributed by atoms with van der Waals surface area (Å²) >= 11 is 3.43. The first-order chi connectivity index (χ1) is 10.0. The van der Waals surface area contributed by atoms with Crippen molar-refractivity contribution in [2.75, 3.05) is 13.6 Å². The van der Waals surface area contributed by atoms with E-state index in [1.54, 1.807) is 0 Å². The van der Waals surface area contributed by atoms with E-state index in [1.165, 1.54) is 12.1 Å². The minimum Gasteiger partial charge on any atom is -0.329 e. The topological polar surface area (TPSA) is 29.3 Å². The first-order valence-corrected chi connectivity index (χ1v) is 7.40. The Balaban J connectivity index is 2.20. The van der Waals surface area contributed by atoms with Crippen LogP contribution in [0.25, 0.3) is 0 Å². The summed E-state index contributed by atoms with van der Waals surface area (Å²) in [5, 5.41) is 0. The quantitative estimate of drug-likeness (QED) is 0.883. The molecule has 2 aromatic carbocycles. The van der Waals surface area contributed by atoms with Gasteiger partial charge in [0.05, 0.1) is 0 Å². The number of halogens is 3.